The van der Waals surface area contributed by atoms with Crippen molar-refractivity contribution in [1.29, 1.82) is 0 Å². The first-order valence-electron chi connectivity index (χ1n) is 3.76. The Kier molecular flexibility index (Phi) is 3.12. The minimum atomic E-state index is -0.554. The van der Waals surface area contributed by atoms with Crippen LogP contribution in [0.4, 0.5) is 0 Å². The first kappa shape index (κ1) is 7.98. The highest BCUT2D eigenvalue weighted by molar-refractivity contribution is 4.69. The lowest BCUT2D eigenvalue weighted by Crippen LogP contribution is -2.34. The van der Waals surface area contributed by atoms with Gasteiger partial charge in [0.15, 0.2) is 6.29 Å². The lowest BCUT2D eigenvalue weighted by atomic mass is 9.98. The zero-order valence-electron chi connectivity index (χ0n) is 6.34. The quantitative estimate of drug-likeness (QED) is 0.535. The van der Waals surface area contributed by atoms with Crippen LogP contribution in [-0.2, 0) is 4.74 Å². The fraction of sp³-hybridized carbons (Fsp3) is 1.00. The molecule has 1 unspecified atom stereocenters. The second kappa shape index (κ2) is 3.91. The van der Waals surface area contributed by atoms with Crippen molar-refractivity contribution >= 4 is 0 Å². The van der Waals surface area contributed by atoms with Gasteiger partial charge in [0, 0.05) is 13.0 Å². The Morgan fingerprint density at radius 2 is 2.10 bits per heavy atom. The van der Waals surface area contributed by atoms with E-state index in [1.165, 1.54) is 0 Å². The smallest absolute Gasteiger partial charge is 0.157 e. The molecule has 0 aromatic heterocycles. The van der Waals surface area contributed by atoms with Gasteiger partial charge in [0.25, 0.3) is 0 Å². The van der Waals surface area contributed by atoms with E-state index in [-0.39, 0.29) is 0 Å². The molecule has 0 aliphatic carbocycles. The molecule has 0 saturated carbocycles. The average Bonchev–Trinajstić information content (AvgIpc) is 2.05. The number of methoxy groups -OCH3 is 1. The van der Waals surface area contributed by atoms with Gasteiger partial charge in [-0.3, -0.25) is 0 Å². The molecule has 1 atom stereocenters. The zero-order chi connectivity index (χ0) is 7.40. The molecular formula is C7H15NO2. The number of hydrogen-bond acceptors (Lipinski definition) is 3. The number of piperidine rings is 1. The number of hydrogen-bond donors (Lipinski definition) is 2. The van der Waals surface area contributed by atoms with Crippen LogP contribution >= 0.6 is 0 Å². The number of rotatable bonds is 2. The Balaban J connectivity index is 2.24. The minimum Gasteiger partial charge on any atom is -0.368 e. The van der Waals surface area contributed by atoms with Gasteiger partial charge in [-0.2, -0.15) is 0 Å². The van der Waals surface area contributed by atoms with Gasteiger partial charge < -0.3 is 15.2 Å². The van der Waals surface area contributed by atoms with Crippen molar-refractivity contribution in [3.63, 3.8) is 0 Å². The first-order valence-corrected chi connectivity index (χ1v) is 3.76. The second-order valence-corrected chi connectivity index (χ2v) is 2.71. The molecule has 10 heavy (non-hydrogen) atoms. The monoisotopic (exact) mass is 145 g/mol. The fourth-order valence-electron chi connectivity index (χ4n) is 1.32. The molecule has 0 bridgehead atoms. The molecule has 3 nitrogen and oxygen atoms in total. The molecule has 1 rings (SSSR count). The minimum absolute atomic E-state index is 0.339. The molecule has 1 saturated heterocycles. The van der Waals surface area contributed by atoms with E-state index in [0.717, 1.165) is 25.9 Å². The molecule has 1 heterocycles. The molecule has 1 aliphatic rings. The SMILES string of the molecule is COC(O)C1CCNCC1. The topological polar surface area (TPSA) is 41.5 Å². The van der Waals surface area contributed by atoms with Crippen molar-refractivity contribution in [3.8, 4) is 0 Å². The molecule has 0 aromatic carbocycles. The van der Waals surface area contributed by atoms with Crippen LogP contribution in [0.1, 0.15) is 12.8 Å². The van der Waals surface area contributed by atoms with Crippen LogP contribution in [0.15, 0.2) is 0 Å². The summed E-state index contributed by atoms with van der Waals surface area (Å²) in [7, 11) is 1.55. The third-order valence-electron chi connectivity index (χ3n) is 2.03. The van der Waals surface area contributed by atoms with Crippen molar-refractivity contribution in [2.45, 2.75) is 19.1 Å². The van der Waals surface area contributed by atoms with Crippen LogP contribution in [-0.4, -0.2) is 31.6 Å². The van der Waals surface area contributed by atoms with E-state index < -0.39 is 6.29 Å². The van der Waals surface area contributed by atoms with Crippen LogP contribution in [0, 0.1) is 5.92 Å². The summed E-state index contributed by atoms with van der Waals surface area (Å²) in [6.45, 7) is 2.01. The first-order chi connectivity index (χ1) is 4.84. The Morgan fingerprint density at radius 1 is 1.50 bits per heavy atom. The van der Waals surface area contributed by atoms with Gasteiger partial charge in [-0.25, -0.2) is 0 Å². The number of ether oxygens (including phenoxy) is 1. The predicted molar refractivity (Wildman–Crippen MR) is 38.6 cm³/mol. The van der Waals surface area contributed by atoms with E-state index in [4.69, 9.17) is 4.74 Å². The van der Waals surface area contributed by atoms with Crippen molar-refractivity contribution < 1.29 is 9.84 Å². The summed E-state index contributed by atoms with van der Waals surface area (Å²) in [6.07, 6.45) is 1.49. The second-order valence-electron chi connectivity index (χ2n) is 2.71. The van der Waals surface area contributed by atoms with Gasteiger partial charge in [-0.1, -0.05) is 0 Å². The molecule has 0 radical (unpaired) electrons. The van der Waals surface area contributed by atoms with E-state index in [1.54, 1.807) is 7.11 Å². The van der Waals surface area contributed by atoms with E-state index in [9.17, 15) is 5.11 Å². The van der Waals surface area contributed by atoms with Gasteiger partial charge in [-0.05, 0) is 25.9 Å². The van der Waals surface area contributed by atoms with Gasteiger partial charge >= 0.3 is 0 Å². The third-order valence-corrected chi connectivity index (χ3v) is 2.03. The molecule has 0 aromatic rings. The van der Waals surface area contributed by atoms with Gasteiger partial charge in [-0.15, -0.1) is 0 Å². The molecule has 0 amide bonds. The maximum atomic E-state index is 9.23. The fourth-order valence-corrected chi connectivity index (χ4v) is 1.32. The summed E-state index contributed by atoms with van der Waals surface area (Å²) >= 11 is 0. The van der Waals surface area contributed by atoms with E-state index in [0.29, 0.717) is 5.92 Å². The molecular weight excluding hydrogens is 130 g/mol. The van der Waals surface area contributed by atoms with Crippen LogP contribution in [0.25, 0.3) is 0 Å². The van der Waals surface area contributed by atoms with Crippen molar-refractivity contribution in [2.24, 2.45) is 5.92 Å². The highest BCUT2D eigenvalue weighted by Crippen LogP contribution is 2.15. The molecule has 60 valence electrons. The van der Waals surface area contributed by atoms with Crippen LogP contribution < -0.4 is 5.32 Å². The van der Waals surface area contributed by atoms with E-state index in [2.05, 4.69) is 5.32 Å². The Labute approximate surface area is 61.4 Å². The Bertz CT molecular complexity index is 91.6. The summed E-state index contributed by atoms with van der Waals surface area (Å²) < 4.78 is 4.82. The lowest BCUT2D eigenvalue weighted by Gasteiger charge is -2.25. The average molecular weight is 145 g/mol. The predicted octanol–water partition coefficient (Wildman–Crippen LogP) is -0.0492. The van der Waals surface area contributed by atoms with Gasteiger partial charge in [0.05, 0.1) is 0 Å². The van der Waals surface area contributed by atoms with Crippen LogP contribution in [0.5, 0.6) is 0 Å². The molecule has 0 spiro atoms. The maximum Gasteiger partial charge on any atom is 0.157 e. The van der Waals surface area contributed by atoms with Gasteiger partial charge in [0.2, 0.25) is 0 Å². The third kappa shape index (κ3) is 1.94. The summed E-state index contributed by atoms with van der Waals surface area (Å²) in [4.78, 5) is 0. The Morgan fingerprint density at radius 3 is 2.60 bits per heavy atom. The standard InChI is InChI=1S/C7H15NO2/c1-10-7(9)6-2-4-8-5-3-6/h6-9H,2-5H2,1H3. The normalized spacial score (nSPS) is 24.6. The van der Waals surface area contributed by atoms with Crippen LogP contribution in [0.2, 0.25) is 0 Å². The van der Waals surface area contributed by atoms with Crippen molar-refractivity contribution in [2.75, 3.05) is 20.2 Å². The molecule has 1 aliphatic heterocycles. The zero-order valence-corrected chi connectivity index (χ0v) is 6.34. The van der Waals surface area contributed by atoms with Gasteiger partial charge in [0.1, 0.15) is 0 Å². The molecule has 2 N–H and O–H groups in total. The maximum absolute atomic E-state index is 9.23. The Hall–Kier alpha value is -0.120. The lowest BCUT2D eigenvalue weighted by molar-refractivity contribution is -0.118. The highest BCUT2D eigenvalue weighted by atomic mass is 16.6. The van der Waals surface area contributed by atoms with E-state index in [1.807, 2.05) is 0 Å². The number of aliphatic hydroxyl groups excluding tert-OH is 1. The van der Waals surface area contributed by atoms with Crippen molar-refractivity contribution in [3.05, 3.63) is 0 Å². The van der Waals surface area contributed by atoms with Crippen LogP contribution in [0.3, 0.4) is 0 Å². The highest BCUT2D eigenvalue weighted by Gasteiger charge is 2.20. The largest absolute Gasteiger partial charge is 0.368 e. The summed E-state index contributed by atoms with van der Waals surface area (Å²) in [5.74, 6) is 0.339. The van der Waals surface area contributed by atoms with E-state index >= 15 is 0 Å². The van der Waals surface area contributed by atoms with Crippen molar-refractivity contribution in [1.82, 2.24) is 5.32 Å². The number of aliphatic hydroxyl groups is 1. The summed E-state index contributed by atoms with van der Waals surface area (Å²) in [5, 5.41) is 12.5. The summed E-state index contributed by atoms with van der Waals surface area (Å²) in [6, 6.07) is 0. The number of nitrogens with one attached hydrogen (secondary N) is 1. The molecule has 1 fully saturated rings. The molecule has 3 heteroatoms. The summed E-state index contributed by atoms with van der Waals surface area (Å²) in [5.41, 5.74) is 0.